The number of anilines is 1. The van der Waals surface area contributed by atoms with Crippen LogP contribution in [-0.4, -0.2) is 66.1 Å². The molecule has 0 radical (unpaired) electrons. The number of nitrogens with two attached hydrogens (primary N) is 2. The van der Waals surface area contributed by atoms with Gasteiger partial charge in [-0.05, 0) is 18.7 Å². The van der Waals surface area contributed by atoms with Crippen LogP contribution >= 0.6 is 11.8 Å². The van der Waals surface area contributed by atoms with Gasteiger partial charge in [-0.15, -0.1) is 0 Å². The van der Waals surface area contributed by atoms with Crippen LogP contribution < -0.4 is 11.5 Å². The van der Waals surface area contributed by atoms with Gasteiger partial charge in [0, 0.05) is 5.75 Å². The highest BCUT2D eigenvalue weighted by Crippen LogP contribution is 2.33. The molecule has 3 heterocycles. The van der Waals surface area contributed by atoms with Crippen molar-refractivity contribution in [2.45, 2.75) is 31.0 Å². The second kappa shape index (κ2) is 6.97. The Morgan fingerprint density at radius 2 is 2.09 bits per heavy atom. The Hall–Kier alpha value is -1.46. The second-order valence-electron chi connectivity index (χ2n) is 5.35. The van der Waals surface area contributed by atoms with Gasteiger partial charge >= 0.3 is 0 Å². The third-order valence-electron chi connectivity index (χ3n) is 3.77. The van der Waals surface area contributed by atoms with Gasteiger partial charge in [-0.1, -0.05) is 0 Å². The molecule has 9 nitrogen and oxygen atoms in total. The van der Waals surface area contributed by atoms with E-state index in [4.69, 9.17) is 16.2 Å². The van der Waals surface area contributed by atoms with E-state index < -0.39 is 24.5 Å². The maximum Gasteiger partial charge on any atom is 0.167 e. The molecule has 2 aromatic rings. The van der Waals surface area contributed by atoms with Gasteiger partial charge in [0.1, 0.15) is 24.1 Å². The number of thioether (sulfide) groups is 1. The zero-order valence-electron chi connectivity index (χ0n) is 12.4. The summed E-state index contributed by atoms with van der Waals surface area (Å²) in [6.45, 7) is 0.633. The molecular weight excluding hydrogens is 320 g/mol. The van der Waals surface area contributed by atoms with Crippen molar-refractivity contribution >= 4 is 28.7 Å². The quantitative estimate of drug-likeness (QED) is 0.492. The molecule has 1 unspecified atom stereocenters. The van der Waals surface area contributed by atoms with Gasteiger partial charge in [-0.3, -0.25) is 4.57 Å². The lowest BCUT2D eigenvalue weighted by Gasteiger charge is -2.16. The average molecular weight is 340 g/mol. The maximum atomic E-state index is 10.3. The van der Waals surface area contributed by atoms with E-state index in [1.54, 1.807) is 16.3 Å². The fraction of sp³-hybridized carbons (Fsp3) is 0.615. The third kappa shape index (κ3) is 3.12. The number of nitrogen functional groups attached to an aromatic ring is 1. The van der Waals surface area contributed by atoms with Crippen molar-refractivity contribution in [3.8, 4) is 0 Å². The van der Waals surface area contributed by atoms with Crippen molar-refractivity contribution in [2.24, 2.45) is 5.73 Å². The normalized spacial score (nSPS) is 27.8. The molecule has 0 amide bonds. The molecule has 0 bridgehead atoms. The van der Waals surface area contributed by atoms with Gasteiger partial charge in [0.25, 0.3) is 0 Å². The molecule has 2 aromatic heterocycles. The number of aromatic nitrogens is 4. The lowest BCUT2D eigenvalue weighted by Crippen LogP contribution is -2.32. The highest BCUT2D eigenvalue weighted by molar-refractivity contribution is 7.99. The standard InChI is InChI=1S/C13H20N6O3S/c14-2-1-3-23-4-7-9(20)10(21)13(22-7)19-6-18-8-11(15)16-5-17-12(8)19/h5-7,9-10,13,20-21H,1-4,14H2,(H2,15,16,17)/t7-,9-,10?,13+/m0/s1. The molecule has 1 aliphatic rings. The fourth-order valence-corrected chi connectivity index (χ4v) is 3.58. The molecule has 10 heteroatoms. The minimum atomic E-state index is -1.07. The van der Waals surface area contributed by atoms with Crippen molar-refractivity contribution in [3.05, 3.63) is 12.7 Å². The number of hydrogen-bond donors (Lipinski definition) is 4. The van der Waals surface area contributed by atoms with E-state index in [1.165, 1.54) is 12.7 Å². The van der Waals surface area contributed by atoms with Crippen LogP contribution in [0.3, 0.4) is 0 Å². The Kier molecular flexibility index (Phi) is 4.97. The van der Waals surface area contributed by atoms with Crippen molar-refractivity contribution in [1.82, 2.24) is 19.5 Å². The minimum Gasteiger partial charge on any atom is -0.387 e. The number of nitrogens with zero attached hydrogens (tertiary/aromatic N) is 4. The molecule has 1 fully saturated rings. The van der Waals surface area contributed by atoms with Crippen LogP contribution in [0.2, 0.25) is 0 Å². The number of rotatable bonds is 6. The zero-order chi connectivity index (χ0) is 16.4. The number of aliphatic hydroxyl groups is 2. The maximum absolute atomic E-state index is 10.3. The van der Waals surface area contributed by atoms with E-state index in [0.29, 0.717) is 23.5 Å². The lowest BCUT2D eigenvalue weighted by molar-refractivity contribution is -0.0289. The summed E-state index contributed by atoms with van der Waals surface area (Å²) in [5, 5.41) is 20.5. The molecule has 0 saturated carbocycles. The second-order valence-corrected chi connectivity index (χ2v) is 6.50. The van der Waals surface area contributed by atoms with Crippen LogP contribution in [0.25, 0.3) is 11.2 Å². The zero-order valence-corrected chi connectivity index (χ0v) is 13.3. The van der Waals surface area contributed by atoms with E-state index >= 15 is 0 Å². The predicted molar refractivity (Wildman–Crippen MR) is 86.7 cm³/mol. The predicted octanol–water partition coefficient (Wildman–Crippen LogP) is -0.890. The van der Waals surface area contributed by atoms with E-state index in [9.17, 15) is 10.2 Å². The summed E-state index contributed by atoms with van der Waals surface area (Å²) in [5.41, 5.74) is 12.1. The van der Waals surface area contributed by atoms with Gasteiger partial charge in [-0.2, -0.15) is 11.8 Å². The summed E-state index contributed by atoms with van der Waals surface area (Å²) in [6, 6.07) is 0. The van der Waals surface area contributed by atoms with Gasteiger partial charge in [0.15, 0.2) is 17.7 Å². The number of fused-ring (bicyclic) bond motifs is 1. The Morgan fingerprint density at radius 3 is 2.87 bits per heavy atom. The monoisotopic (exact) mass is 340 g/mol. The summed E-state index contributed by atoms with van der Waals surface area (Å²) in [5.74, 6) is 1.73. The van der Waals surface area contributed by atoms with Gasteiger partial charge in [0.05, 0.1) is 12.4 Å². The minimum absolute atomic E-state index is 0.260. The van der Waals surface area contributed by atoms with E-state index in [-0.39, 0.29) is 5.82 Å². The lowest BCUT2D eigenvalue weighted by atomic mass is 10.1. The molecule has 0 spiro atoms. The SMILES string of the molecule is NCCCSC[C@@H]1O[C@@H](n2cnc3c(N)ncnc32)C(O)[C@H]1O. The Morgan fingerprint density at radius 1 is 1.26 bits per heavy atom. The van der Waals surface area contributed by atoms with Crippen LogP contribution in [0.15, 0.2) is 12.7 Å². The molecule has 6 N–H and O–H groups in total. The summed E-state index contributed by atoms with van der Waals surface area (Å²) < 4.78 is 7.40. The van der Waals surface area contributed by atoms with Gasteiger partial charge in [-0.25, -0.2) is 15.0 Å². The van der Waals surface area contributed by atoms with Gasteiger partial charge < -0.3 is 26.4 Å². The molecule has 1 saturated heterocycles. The third-order valence-corrected chi connectivity index (χ3v) is 4.91. The van der Waals surface area contributed by atoms with Crippen LogP contribution in [0.5, 0.6) is 0 Å². The van der Waals surface area contributed by atoms with Crippen molar-refractivity contribution < 1.29 is 14.9 Å². The molecule has 1 aliphatic heterocycles. The number of ether oxygens (including phenoxy) is 1. The summed E-state index contributed by atoms with van der Waals surface area (Å²) in [6.07, 6.45) is 0.458. The summed E-state index contributed by atoms with van der Waals surface area (Å²) >= 11 is 1.64. The fourth-order valence-electron chi connectivity index (χ4n) is 2.54. The highest BCUT2D eigenvalue weighted by atomic mass is 32.2. The van der Waals surface area contributed by atoms with E-state index in [0.717, 1.165) is 12.2 Å². The molecule has 4 atom stereocenters. The van der Waals surface area contributed by atoms with Crippen LogP contribution in [-0.2, 0) is 4.74 Å². The number of aliphatic hydroxyl groups excluding tert-OH is 2. The van der Waals surface area contributed by atoms with Crippen molar-refractivity contribution in [2.75, 3.05) is 23.8 Å². The summed E-state index contributed by atoms with van der Waals surface area (Å²) in [7, 11) is 0. The molecular formula is C13H20N6O3S. The first kappa shape index (κ1) is 16.4. The first-order chi connectivity index (χ1) is 11.1. The molecule has 3 rings (SSSR count). The number of hydrogen-bond acceptors (Lipinski definition) is 9. The largest absolute Gasteiger partial charge is 0.387 e. The molecule has 0 aromatic carbocycles. The topological polar surface area (TPSA) is 145 Å². The average Bonchev–Trinajstić information content (AvgIpc) is 3.09. The van der Waals surface area contributed by atoms with Crippen LogP contribution in [0.4, 0.5) is 5.82 Å². The van der Waals surface area contributed by atoms with Gasteiger partial charge in [0.2, 0.25) is 0 Å². The molecule has 0 aliphatic carbocycles. The highest BCUT2D eigenvalue weighted by Gasteiger charge is 2.44. The molecule has 23 heavy (non-hydrogen) atoms. The van der Waals surface area contributed by atoms with Crippen molar-refractivity contribution in [1.29, 1.82) is 0 Å². The van der Waals surface area contributed by atoms with Crippen LogP contribution in [0.1, 0.15) is 12.6 Å². The first-order valence-corrected chi connectivity index (χ1v) is 8.51. The van der Waals surface area contributed by atoms with E-state index in [1.807, 2.05) is 0 Å². The smallest absolute Gasteiger partial charge is 0.167 e. The summed E-state index contributed by atoms with van der Waals surface area (Å²) in [4.78, 5) is 12.2. The Bertz CT molecular complexity index is 668. The Labute approximate surface area is 137 Å². The Balaban J connectivity index is 1.76. The molecule has 126 valence electrons. The number of imidazole rings is 1. The van der Waals surface area contributed by atoms with Crippen LogP contribution in [0, 0.1) is 0 Å². The van der Waals surface area contributed by atoms with Crippen molar-refractivity contribution in [3.63, 3.8) is 0 Å². The first-order valence-electron chi connectivity index (χ1n) is 7.36. The van der Waals surface area contributed by atoms with E-state index in [2.05, 4.69) is 15.0 Å².